The van der Waals surface area contributed by atoms with Crippen molar-refractivity contribution >= 4 is 5.97 Å². The Labute approximate surface area is 152 Å². The molecule has 0 aromatic rings. The number of quaternary nitrogens is 1. The molecule has 150 valence electrons. The second-order valence-corrected chi connectivity index (χ2v) is 7.84. The molecule has 3 rings (SSSR count). The number of likely N-dealkylation sites (N-methyl/N-ethyl adjacent to an activating group) is 1. The smallest absolute Gasteiger partial charge is 0.468 e. The zero-order valence-electron chi connectivity index (χ0n) is 15.4. The fourth-order valence-electron chi connectivity index (χ4n) is 4.76. The average molecular weight is 380 g/mol. The summed E-state index contributed by atoms with van der Waals surface area (Å²) in [4.78, 5) is 16.8. The summed E-state index contributed by atoms with van der Waals surface area (Å²) in [6.45, 7) is 2.46. The van der Waals surface area contributed by atoms with Crippen LogP contribution in [0.15, 0.2) is 0 Å². The maximum Gasteiger partial charge on any atom is 0.522 e. The number of hydrogen-bond donors (Lipinski definition) is 1. The number of carbonyl (C=O) groups excluding carboxylic acids is 1. The molecule has 1 saturated carbocycles. The van der Waals surface area contributed by atoms with Crippen molar-refractivity contribution in [3.05, 3.63) is 0 Å². The summed E-state index contributed by atoms with van der Waals surface area (Å²) in [7, 11) is 3.51. The monoisotopic (exact) mass is 380 g/mol. The highest BCUT2D eigenvalue weighted by atomic mass is 19.4. The molecule has 3 aliphatic rings. The molecule has 3 unspecified atom stereocenters. The van der Waals surface area contributed by atoms with Gasteiger partial charge in [-0.2, -0.15) is 0 Å². The summed E-state index contributed by atoms with van der Waals surface area (Å²) < 4.78 is 46.3. The predicted molar refractivity (Wildman–Crippen MR) is 87.0 cm³/mol. The van der Waals surface area contributed by atoms with E-state index in [1.54, 1.807) is 0 Å². The minimum absolute atomic E-state index is 0.208. The van der Waals surface area contributed by atoms with Gasteiger partial charge >= 0.3 is 12.3 Å². The zero-order chi connectivity index (χ0) is 18.9. The molecule has 1 aliphatic carbocycles. The minimum atomic E-state index is -4.56. The Balaban J connectivity index is 1.57. The van der Waals surface area contributed by atoms with Crippen molar-refractivity contribution in [2.24, 2.45) is 5.92 Å². The number of halogens is 3. The van der Waals surface area contributed by atoms with Gasteiger partial charge in [0, 0.05) is 19.5 Å². The third-order valence-electron chi connectivity index (χ3n) is 6.17. The van der Waals surface area contributed by atoms with Gasteiger partial charge in [0.25, 0.3) is 0 Å². The molecule has 2 aliphatic heterocycles. The van der Waals surface area contributed by atoms with Gasteiger partial charge in [0.2, 0.25) is 0 Å². The van der Waals surface area contributed by atoms with Crippen LogP contribution in [-0.2, 0) is 14.3 Å². The number of nitrogens with zero attached hydrogens (tertiary/aromatic N) is 2. The first-order chi connectivity index (χ1) is 12.3. The van der Waals surface area contributed by atoms with Gasteiger partial charge in [-0.05, 0) is 38.6 Å². The van der Waals surface area contributed by atoms with E-state index in [4.69, 9.17) is 4.74 Å². The maximum absolute atomic E-state index is 12.4. The summed E-state index contributed by atoms with van der Waals surface area (Å²) in [5, 5.41) is 2.28. The Morgan fingerprint density at radius 1 is 1.23 bits per heavy atom. The SMILES string of the molecule is COC(=O)C1CC2[NH2+]CN(C)C2CN1CC1CCC(OC(F)(F)F)CC1. The van der Waals surface area contributed by atoms with Crippen molar-refractivity contribution in [2.75, 3.05) is 33.9 Å². The van der Waals surface area contributed by atoms with Gasteiger partial charge in [0.05, 0.1) is 19.3 Å². The van der Waals surface area contributed by atoms with Gasteiger partial charge in [-0.25, -0.2) is 4.90 Å². The van der Waals surface area contributed by atoms with Crippen molar-refractivity contribution in [2.45, 2.75) is 62.7 Å². The van der Waals surface area contributed by atoms with Crippen LogP contribution in [-0.4, -0.2) is 80.3 Å². The van der Waals surface area contributed by atoms with E-state index in [0.717, 1.165) is 26.2 Å². The molecular formula is C17H29F3N3O3+. The van der Waals surface area contributed by atoms with E-state index in [0.29, 0.717) is 43.7 Å². The van der Waals surface area contributed by atoms with Crippen LogP contribution in [0.3, 0.4) is 0 Å². The first kappa shape index (κ1) is 19.9. The number of fused-ring (bicyclic) bond motifs is 1. The fourth-order valence-corrected chi connectivity index (χ4v) is 4.76. The number of methoxy groups -OCH3 is 1. The van der Waals surface area contributed by atoms with Gasteiger partial charge in [0.1, 0.15) is 18.8 Å². The molecule has 0 amide bonds. The van der Waals surface area contributed by atoms with E-state index >= 15 is 0 Å². The molecule has 2 heterocycles. The quantitative estimate of drug-likeness (QED) is 0.722. The Hall–Kier alpha value is -0.900. The summed E-state index contributed by atoms with van der Waals surface area (Å²) >= 11 is 0. The standard InChI is InChI=1S/C17H28F3N3O3/c1-22-10-21-13-7-14(16(24)25-2)23(9-15(13)22)8-11-3-5-12(6-4-11)26-17(18,19)20/h11-15,21H,3-10H2,1-2H3/p+1. The lowest BCUT2D eigenvalue weighted by Crippen LogP contribution is -2.89. The second kappa shape index (κ2) is 8.00. The number of carbonyl (C=O) groups is 1. The molecule has 3 atom stereocenters. The van der Waals surface area contributed by atoms with E-state index < -0.39 is 12.5 Å². The topological polar surface area (TPSA) is 58.6 Å². The van der Waals surface area contributed by atoms with E-state index in [2.05, 4.69) is 26.9 Å². The number of rotatable bonds is 4. The molecule has 2 N–H and O–H groups in total. The minimum Gasteiger partial charge on any atom is -0.468 e. The summed E-state index contributed by atoms with van der Waals surface area (Å²) in [5.74, 6) is 0.0861. The third-order valence-corrected chi connectivity index (χ3v) is 6.17. The molecule has 0 aromatic carbocycles. The lowest BCUT2D eigenvalue weighted by Gasteiger charge is -2.42. The molecule has 6 nitrogen and oxygen atoms in total. The largest absolute Gasteiger partial charge is 0.522 e. The van der Waals surface area contributed by atoms with Gasteiger partial charge in [-0.1, -0.05) is 0 Å². The number of hydrogen-bond acceptors (Lipinski definition) is 5. The van der Waals surface area contributed by atoms with E-state index in [-0.39, 0.29) is 12.0 Å². The van der Waals surface area contributed by atoms with Crippen molar-refractivity contribution in [1.82, 2.24) is 9.80 Å². The van der Waals surface area contributed by atoms with Crippen molar-refractivity contribution < 1.29 is 32.8 Å². The highest BCUT2D eigenvalue weighted by Gasteiger charge is 2.47. The van der Waals surface area contributed by atoms with Crippen LogP contribution in [0.4, 0.5) is 13.2 Å². The van der Waals surface area contributed by atoms with E-state index in [9.17, 15) is 18.0 Å². The second-order valence-electron chi connectivity index (χ2n) is 7.84. The van der Waals surface area contributed by atoms with E-state index in [1.165, 1.54) is 7.11 Å². The third kappa shape index (κ3) is 4.68. The number of likely N-dealkylation sites (tertiary alicyclic amines) is 1. The lowest BCUT2D eigenvalue weighted by atomic mass is 9.85. The van der Waals surface area contributed by atoms with Crippen LogP contribution < -0.4 is 5.32 Å². The normalized spacial score (nSPS) is 36.7. The van der Waals surface area contributed by atoms with Crippen LogP contribution in [0.5, 0.6) is 0 Å². The molecular weight excluding hydrogens is 351 g/mol. The molecule has 9 heteroatoms. The Kier molecular flexibility index (Phi) is 6.11. The molecule has 2 saturated heterocycles. The molecule has 3 fully saturated rings. The zero-order valence-corrected chi connectivity index (χ0v) is 15.4. The highest BCUT2D eigenvalue weighted by Crippen LogP contribution is 2.33. The van der Waals surface area contributed by atoms with Gasteiger partial charge < -0.3 is 10.1 Å². The molecule has 0 aromatic heterocycles. The summed E-state index contributed by atoms with van der Waals surface area (Å²) in [5.41, 5.74) is 0. The number of nitrogens with two attached hydrogens (primary N) is 1. The Bertz CT molecular complexity index is 497. The molecule has 26 heavy (non-hydrogen) atoms. The van der Waals surface area contributed by atoms with Crippen molar-refractivity contribution in [1.29, 1.82) is 0 Å². The van der Waals surface area contributed by atoms with Crippen molar-refractivity contribution in [3.63, 3.8) is 0 Å². The van der Waals surface area contributed by atoms with Crippen LogP contribution in [0.2, 0.25) is 0 Å². The van der Waals surface area contributed by atoms with Crippen LogP contribution in [0.1, 0.15) is 32.1 Å². The number of esters is 1. The first-order valence-electron chi connectivity index (χ1n) is 9.37. The maximum atomic E-state index is 12.4. The Morgan fingerprint density at radius 3 is 2.54 bits per heavy atom. The summed E-state index contributed by atoms with van der Waals surface area (Å²) in [6, 6.07) is 0.547. The average Bonchev–Trinajstić information content (AvgIpc) is 2.94. The fraction of sp³-hybridized carbons (Fsp3) is 0.941. The Morgan fingerprint density at radius 2 is 1.92 bits per heavy atom. The van der Waals surface area contributed by atoms with Crippen LogP contribution >= 0.6 is 0 Å². The van der Waals surface area contributed by atoms with Crippen LogP contribution in [0, 0.1) is 5.92 Å². The molecule has 0 bridgehead atoms. The number of piperidine rings is 1. The number of alkyl halides is 3. The lowest BCUT2D eigenvalue weighted by molar-refractivity contribution is -0.678. The summed E-state index contributed by atoms with van der Waals surface area (Å²) in [6.07, 6.45) is -2.31. The van der Waals surface area contributed by atoms with Gasteiger partial charge in [-0.3, -0.25) is 14.4 Å². The predicted octanol–water partition coefficient (Wildman–Crippen LogP) is 0.532. The molecule has 0 spiro atoms. The van der Waals surface area contributed by atoms with Crippen LogP contribution in [0.25, 0.3) is 0 Å². The first-order valence-corrected chi connectivity index (χ1v) is 9.37. The number of ether oxygens (including phenoxy) is 2. The van der Waals surface area contributed by atoms with Crippen molar-refractivity contribution in [3.8, 4) is 0 Å². The van der Waals surface area contributed by atoms with Gasteiger partial charge in [-0.15, -0.1) is 13.2 Å². The van der Waals surface area contributed by atoms with Gasteiger partial charge in [0.15, 0.2) is 0 Å². The molecule has 0 radical (unpaired) electrons. The highest BCUT2D eigenvalue weighted by molar-refractivity contribution is 5.75. The van der Waals surface area contributed by atoms with E-state index in [1.807, 2.05) is 0 Å².